The molecule has 0 spiro atoms. The molecule has 2 aliphatic carbocycles. The van der Waals surface area contributed by atoms with Crippen LogP contribution in [0.5, 0.6) is 0 Å². The summed E-state index contributed by atoms with van der Waals surface area (Å²) in [7, 11) is 1.83. The lowest BCUT2D eigenvalue weighted by atomic mass is 9.81. The van der Waals surface area contributed by atoms with Gasteiger partial charge in [0.05, 0.1) is 11.8 Å². The van der Waals surface area contributed by atoms with Crippen molar-refractivity contribution in [2.75, 3.05) is 20.1 Å². The molecule has 22 heavy (non-hydrogen) atoms. The van der Waals surface area contributed by atoms with Gasteiger partial charge in [0, 0.05) is 26.6 Å². The lowest BCUT2D eigenvalue weighted by Gasteiger charge is -2.30. The zero-order valence-corrected chi connectivity index (χ0v) is 13.4. The van der Waals surface area contributed by atoms with Crippen molar-refractivity contribution in [1.82, 2.24) is 9.80 Å². The Balaban J connectivity index is 1.51. The van der Waals surface area contributed by atoms with E-state index in [1.165, 1.54) is 24.2 Å². The topological polar surface area (TPSA) is 57.7 Å². The summed E-state index contributed by atoms with van der Waals surface area (Å²) in [6.45, 7) is 1.07. The van der Waals surface area contributed by atoms with E-state index in [0.717, 1.165) is 32.2 Å². The van der Waals surface area contributed by atoms with Crippen LogP contribution in [0.3, 0.4) is 0 Å². The van der Waals surface area contributed by atoms with Gasteiger partial charge >= 0.3 is 0 Å². The molecule has 3 amide bonds. The largest absolute Gasteiger partial charge is 0.345 e. The van der Waals surface area contributed by atoms with Crippen molar-refractivity contribution < 1.29 is 14.4 Å². The molecule has 1 saturated heterocycles. The molecule has 2 atom stereocenters. The Kier molecular flexibility index (Phi) is 4.50. The highest BCUT2D eigenvalue weighted by atomic mass is 16.2. The smallest absolute Gasteiger partial charge is 0.233 e. The number of amides is 3. The predicted molar refractivity (Wildman–Crippen MR) is 81.8 cm³/mol. The van der Waals surface area contributed by atoms with Gasteiger partial charge in [0.1, 0.15) is 0 Å². The summed E-state index contributed by atoms with van der Waals surface area (Å²) in [5.74, 6) is 0.399. The third-order valence-electron chi connectivity index (χ3n) is 5.66. The fourth-order valence-electron chi connectivity index (χ4n) is 4.01. The van der Waals surface area contributed by atoms with Gasteiger partial charge in [-0.25, -0.2) is 0 Å². The maximum absolute atomic E-state index is 12.3. The third kappa shape index (κ3) is 2.90. The first kappa shape index (κ1) is 15.5. The van der Waals surface area contributed by atoms with E-state index >= 15 is 0 Å². The van der Waals surface area contributed by atoms with E-state index in [2.05, 4.69) is 0 Å². The normalized spacial score (nSPS) is 28.5. The molecule has 2 saturated carbocycles. The van der Waals surface area contributed by atoms with Crippen LogP contribution in [0.1, 0.15) is 51.4 Å². The predicted octanol–water partition coefficient (Wildman–Crippen LogP) is 1.81. The van der Waals surface area contributed by atoms with Crippen molar-refractivity contribution in [3.63, 3.8) is 0 Å². The first-order valence-electron chi connectivity index (χ1n) is 8.67. The van der Waals surface area contributed by atoms with Crippen molar-refractivity contribution in [2.45, 2.75) is 51.4 Å². The van der Waals surface area contributed by atoms with Crippen molar-refractivity contribution in [1.29, 1.82) is 0 Å². The number of carbonyl (C=O) groups excluding carboxylic acids is 3. The van der Waals surface area contributed by atoms with Crippen LogP contribution in [0.25, 0.3) is 0 Å². The number of hydrogen-bond acceptors (Lipinski definition) is 3. The van der Waals surface area contributed by atoms with Crippen LogP contribution < -0.4 is 0 Å². The molecule has 122 valence electrons. The zero-order chi connectivity index (χ0) is 15.7. The molecule has 0 bridgehead atoms. The molecule has 0 aromatic heterocycles. The fraction of sp³-hybridized carbons (Fsp3) is 0.824. The molecule has 1 heterocycles. The molecule has 0 N–H and O–H groups in total. The van der Waals surface area contributed by atoms with Crippen LogP contribution in [0.15, 0.2) is 0 Å². The Morgan fingerprint density at radius 3 is 2.14 bits per heavy atom. The van der Waals surface area contributed by atoms with Crippen molar-refractivity contribution in [3.8, 4) is 0 Å². The Labute approximate surface area is 132 Å². The highest BCUT2D eigenvalue weighted by molar-refractivity contribution is 6.05. The lowest BCUT2D eigenvalue weighted by Crippen LogP contribution is -2.38. The second-order valence-corrected chi connectivity index (χ2v) is 7.15. The minimum Gasteiger partial charge on any atom is -0.345 e. The summed E-state index contributed by atoms with van der Waals surface area (Å²) >= 11 is 0. The summed E-state index contributed by atoms with van der Waals surface area (Å²) in [5.41, 5.74) is 0. The van der Waals surface area contributed by atoms with Gasteiger partial charge in [-0.3, -0.25) is 19.3 Å². The molecule has 3 aliphatic rings. The number of hydrogen-bond donors (Lipinski definition) is 0. The number of nitrogens with zero attached hydrogens (tertiary/aromatic N) is 2. The highest BCUT2D eigenvalue weighted by Gasteiger charge is 2.47. The summed E-state index contributed by atoms with van der Waals surface area (Å²) in [5, 5.41) is 0. The minimum atomic E-state index is -0.107. The molecule has 0 radical (unpaired) electrons. The average molecular weight is 306 g/mol. The van der Waals surface area contributed by atoms with Gasteiger partial charge in [0.25, 0.3) is 0 Å². The first-order chi connectivity index (χ1) is 10.6. The lowest BCUT2D eigenvalue weighted by molar-refractivity contribution is -0.140. The van der Waals surface area contributed by atoms with Crippen LogP contribution in [-0.4, -0.2) is 47.7 Å². The molecule has 0 unspecified atom stereocenters. The Hall–Kier alpha value is -1.39. The van der Waals surface area contributed by atoms with E-state index in [4.69, 9.17) is 0 Å². The maximum atomic E-state index is 12.3. The number of likely N-dealkylation sites (tertiary alicyclic amines) is 1. The Morgan fingerprint density at radius 1 is 1.05 bits per heavy atom. The summed E-state index contributed by atoms with van der Waals surface area (Å²) in [6.07, 6.45) is 7.71. The van der Waals surface area contributed by atoms with Gasteiger partial charge in [-0.2, -0.15) is 0 Å². The van der Waals surface area contributed by atoms with Crippen LogP contribution in [0, 0.1) is 17.8 Å². The van der Waals surface area contributed by atoms with E-state index in [-0.39, 0.29) is 42.5 Å². The molecular formula is C17H26N2O3. The van der Waals surface area contributed by atoms with E-state index in [9.17, 15) is 14.4 Å². The standard InChI is InChI=1S/C17H26N2O3/c1-18(11-12-5-4-6-12)15(20)9-10-19-16(21)13-7-2-3-8-14(13)17(19)22/h12-14H,2-11H2,1H3/t13-,14-/m1/s1. The van der Waals surface area contributed by atoms with Gasteiger partial charge < -0.3 is 4.90 Å². The molecule has 3 fully saturated rings. The molecular weight excluding hydrogens is 280 g/mol. The zero-order valence-electron chi connectivity index (χ0n) is 13.4. The van der Waals surface area contributed by atoms with Crippen molar-refractivity contribution in [2.24, 2.45) is 17.8 Å². The SMILES string of the molecule is CN(CC1CCC1)C(=O)CCN1C(=O)[C@@H]2CCCC[C@H]2C1=O. The Bertz CT molecular complexity index is 449. The fourth-order valence-corrected chi connectivity index (χ4v) is 4.01. The summed E-state index contributed by atoms with van der Waals surface area (Å²) in [4.78, 5) is 40.0. The van der Waals surface area contributed by atoms with Gasteiger partial charge in [0.15, 0.2) is 0 Å². The molecule has 1 aliphatic heterocycles. The van der Waals surface area contributed by atoms with E-state index in [1.807, 2.05) is 7.05 Å². The highest BCUT2D eigenvalue weighted by Crippen LogP contribution is 2.38. The monoisotopic (exact) mass is 306 g/mol. The van der Waals surface area contributed by atoms with Crippen molar-refractivity contribution in [3.05, 3.63) is 0 Å². The summed E-state index contributed by atoms with van der Waals surface area (Å²) in [6, 6.07) is 0. The minimum absolute atomic E-state index is 0.0378. The van der Waals surface area contributed by atoms with E-state index < -0.39 is 0 Å². The third-order valence-corrected chi connectivity index (χ3v) is 5.66. The molecule has 5 heteroatoms. The molecule has 5 nitrogen and oxygen atoms in total. The quantitative estimate of drug-likeness (QED) is 0.728. The second-order valence-electron chi connectivity index (χ2n) is 7.15. The van der Waals surface area contributed by atoms with Crippen LogP contribution >= 0.6 is 0 Å². The number of fused-ring (bicyclic) bond motifs is 1. The maximum Gasteiger partial charge on any atom is 0.233 e. The second kappa shape index (κ2) is 6.39. The van der Waals surface area contributed by atoms with Gasteiger partial charge in [-0.15, -0.1) is 0 Å². The average Bonchev–Trinajstić information content (AvgIpc) is 2.73. The summed E-state index contributed by atoms with van der Waals surface area (Å²) < 4.78 is 0. The van der Waals surface area contributed by atoms with Gasteiger partial charge in [-0.05, 0) is 31.6 Å². The Morgan fingerprint density at radius 2 is 1.64 bits per heavy atom. The van der Waals surface area contributed by atoms with Crippen LogP contribution in [0.4, 0.5) is 0 Å². The molecule has 0 aromatic carbocycles. The van der Waals surface area contributed by atoms with E-state index in [0.29, 0.717) is 5.92 Å². The number of rotatable bonds is 5. The molecule has 0 aromatic rings. The van der Waals surface area contributed by atoms with Gasteiger partial charge in [-0.1, -0.05) is 19.3 Å². The van der Waals surface area contributed by atoms with Crippen LogP contribution in [0.2, 0.25) is 0 Å². The van der Waals surface area contributed by atoms with Crippen molar-refractivity contribution >= 4 is 17.7 Å². The molecule has 3 rings (SSSR count). The van der Waals surface area contributed by atoms with Gasteiger partial charge in [0.2, 0.25) is 17.7 Å². The van der Waals surface area contributed by atoms with Crippen LogP contribution in [-0.2, 0) is 14.4 Å². The van der Waals surface area contributed by atoms with E-state index in [1.54, 1.807) is 4.90 Å². The first-order valence-corrected chi connectivity index (χ1v) is 8.67. The number of imide groups is 1. The number of carbonyl (C=O) groups is 3.